The molecule has 1 aromatic carbocycles. The Kier molecular flexibility index (Phi) is 6.04. The molecule has 0 saturated heterocycles. The average molecular weight is 245 g/mol. The summed E-state index contributed by atoms with van der Waals surface area (Å²) in [6.45, 7) is 1.30. The van der Waals surface area contributed by atoms with E-state index in [2.05, 4.69) is 0 Å². The van der Waals surface area contributed by atoms with E-state index in [4.69, 9.17) is 15.2 Å². The van der Waals surface area contributed by atoms with Crippen LogP contribution in [0.15, 0.2) is 18.2 Å². The summed E-state index contributed by atoms with van der Waals surface area (Å²) in [5, 5.41) is 0. The van der Waals surface area contributed by atoms with Gasteiger partial charge in [0.25, 0.3) is 0 Å². The molecule has 0 bridgehead atoms. The second-order valence-corrected chi connectivity index (χ2v) is 3.81. The largest absolute Gasteiger partial charge is 0.382 e. The van der Waals surface area contributed by atoms with E-state index in [1.165, 1.54) is 12.1 Å². The molecule has 0 heterocycles. The van der Waals surface area contributed by atoms with E-state index in [1.54, 1.807) is 7.11 Å². The highest BCUT2D eigenvalue weighted by molar-refractivity contribution is 5.18. The summed E-state index contributed by atoms with van der Waals surface area (Å²) in [6.07, 6.45) is 0.377. The van der Waals surface area contributed by atoms with Crippen molar-refractivity contribution in [1.82, 2.24) is 0 Å². The standard InChI is InChI=1S/C12H17F2NO2/c1-16-2-3-17-8-12(15)6-9-4-10(13)7-11(14)5-9/h4-5,7,12H,2-3,6,8,15H2,1H3. The van der Waals surface area contributed by atoms with E-state index in [-0.39, 0.29) is 6.04 Å². The van der Waals surface area contributed by atoms with Crippen molar-refractivity contribution in [2.75, 3.05) is 26.9 Å². The van der Waals surface area contributed by atoms with Crippen LogP contribution in [-0.2, 0) is 15.9 Å². The van der Waals surface area contributed by atoms with Crippen LogP contribution < -0.4 is 5.73 Å². The quantitative estimate of drug-likeness (QED) is 0.740. The predicted octanol–water partition coefficient (Wildman–Crippen LogP) is 1.50. The number of ether oxygens (including phenoxy) is 2. The third kappa shape index (κ3) is 5.72. The third-order valence-electron chi connectivity index (χ3n) is 2.18. The Morgan fingerprint density at radius 1 is 1.18 bits per heavy atom. The molecule has 1 rings (SSSR count). The van der Waals surface area contributed by atoms with Gasteiger partial charge in [0.1, 0.15) is 11.6 Å². The lowest BCUT2D eigenvalue weighted by molar-refractivity contribution is 0.0637. The van der Waals surface area contributed by atoms with Crippen LogP contribution in [-0.4, -0.2) is 33.0 Å². The molecule has 3 nitrogen and oxygen atoms in total. The molecule has 17 heavy (non-hydrogen) atoms. The SMILES string of the molecule is COCCOCC(N)Cc1cc(F)cc(F)c1. The highest BCUT2D eigenvalue weighted by atomic mass is 19.1. The fourth-order valence-electron chi connectivity index (χ4n) is 1.47. The Morgan fingerprint density at radius 2 is 1.82 bits per heavy atom. The van der Waals surface area contributed by atoms with Crippen LogP contribution in [0.2, 0.25) is 0 Å². The van der Waals surface area contributed by atoms with Crippen LogP contribution in [0.25, 0.3) is 0 Å². The lowest BCUT2D eigenvalue weighted by Crippen LogP contribution is -2.29. The van der Waals surface area contributed by atoms with Gasteiger partial charge in [-0.25, -0.2) is 8.78 Å². The van der Waals surface area contributed by atoms with Gasteiger partial charge in [0.2, 0.25) is 0 Å². The Balaban J connectivity index is 2.36. The van der Waals surface area contributed by atoms with Crippen molar-refractivity contribution in [2.45, 2.75) is 12.5 Å². The summed E-state index contributed by atoms with van der Waals surface area (Å²) >= 11 is 0. The van der Waals surface area contributed by atoms with Crippen molar-refractivity contribution < 1.29 is 18.3 Å². The second kappa shape index (κ2) is 7.32. The predicted molar refractivity (Wildman–Crippen MR) is 60.7 cm³/mol. The Morgan fingerprint density at radius 3 is 2.41 bits per heavy atom. The first-order valence-electron chi connectivity index (χ1n) is 5.39. The second-order valence-electron chi connectivity index (χ2n) is 3.81. The van der Waals surface area contributed by atoms with Gasteiger partial charge in [0.15, 0.2) is 0 Å². The van der Waals surface area contributed by atoms with Crippen molar-refractivity contribution >= 4 is 0 Å². The number of hydrogen-bond acceptors (Lipinski definition) is 3. The maximum atomic E-state index is 12.9. The molecule has 0 spiro atoms. The number of benzene rings is 1. The number of nitrogens with two attached hydrogens (primary N) is 1. The van der Waals surface area contributed by atoms with Gasteiger partial charge in [-0.2, -0.15) is 0 Å². The van der Waals surface area contributed by atoms with E-state index in [9.17, 15) is 8.78 Å². The van der Waals surface area contributed by atoms with E-state index in [0.29, 0.717) is 31.8 Å². The zero-order valence-corrected chi connectivity index (χ0v) is 9.79. The Bertz CT molecular complexity index is 327. The first kappa shape index (κ1) is 14.0. The minimum absolute atomic E-state index is 0.284. The minimum Gasteiger partial charge on any atom is -0.382 e. The fraction of sp³-hybridized carbons (Fsp3) is 0.500. The molecule has 0 amide bonds. The molecule has 0 saturated carbocycles. The molecule has 5 heteroatoms. The molecule has 0 aliphatic heterocycles. The summed E-state index contributed by atoms with van der Waals surface area (Å²) in [7, 11) is 1.58. The van der Waals surface area contributed by atoms with Crippen molar-refractivity contribution in [3.05, 3.63) is 35.4 Å². The zero-order chi connectivity index (χ0) is 12.7. The molecule has 1 atom stereocenters. The van der Waals surface area contributed by atoms with E-state index >= 15 is 0 Å². The molecular weight excluding hydrogens is 228 g/mol. The van der Waals surface area contributed by atoms with E-state index in [1.807, 2.05) is 0 Å². The van der Waals surface area contributed by atoms with Crippen molar-refractivity contribution in [3.63, 3.8) is 0 Å². The van der Waals surface area contributed by atoms with Gasteiger partial charge in [0.05, 0.1) is 19.8 Å². The van der Waals surface area contributed by atoms with Gasteiger partial charge in [-0.3, -0.25) is 0 Å². The van der Waals surface area contributed by atoms with Crippen LogP contribution in [0, 0.1) is 11.6 Å². The van der Waals surface area contributed by atoms with Crippen LogP contribution in [0.5, 0.6) is 0 Å². The molecule has 96 valence electrons. The summed E-state index contributed by atoms with van der Waals surface area (Å²) in [5.74, 6) is -1.18. The highest BCUT2D eigenvalue weighted by Crippen LogP contribution is 2.09. The molecule has 1 aromatic rings. The van der Waals surface area contributed by atoms with Crippen molar-refractivity contribution in [3.8, 4) is 0 Å². The van der Waals surface area contributed by atoms with Gasteiger partial charge in [-0.15, -0.1) is 0 Å². The zero-order valence-electron chi connectivity index (χ0n) is 9.79. The highest BCUT2D eigenvalue weighted by Gasteiger charge is 2.07. The first-order chi connectivity index (χ1) is 8.11. The topological polar surface area (TPSA) is 44.5 Å². The van der Waals surface area contributed by atoms with Crippen LogP contribution in [0.3, 0.4) is 0 Å². The normalized spacial score (nSPS) is 12.7. The Hall–Kier alpha value is -1.04. The van der Waals surface area contributed by atoms with Crippen molar-refractivity contribution in [1.29, 1.82) is 0 Å². The Labute approximate surface area is 99.5 Å². The summed E-state index contributed by atoms with van der Waals surface area (Å²) < 4.78 is 35.8. The maximum absolute atomic E-state index is 12.9. The first-order valence-corrected chi connectivity index (χ1v) is 5.39. The summed E-state index contributed by atoms with van der Waals surface area (Å²) in [6, 6.07) is 3.10. The molecule has 1 unspecified atom stereocenters. The number of hydrogen-bond donors (Lipinski definition) is 1. The van der Waals surface area contributed by atoms with Crippen LogP contribution in [0.4, 0.5) is 8.78 Å². The number of methoxy groups -OCH3 is 1. The van der Waals surface area contributed by atoms with Gasteiger partial charge in [0, 0.05) is 19.2 Å². The average Bonchev–Trinajstić information content (AvgIpc) is 2.23. The summed E-state index contributed by atoms with van der Waals surface area (Å²) in [4.78, 5) is 0. The van der Waals surface area contributed by atoms with Crippen LogP contribution in [0.1, 0.15) is 5.56 Å². The van der Waals surface area contributed by atoms with E-state index < -0.39 is 11.6 Å². The molecule has 0 radical (unpaired) electrons. The molecule has 0 fully saturated rings. The lowest BCUT2D eigenvalue weighted by atomic mass is 10.1. The van der Waals surface area contributed by atoms with Gasteiger partial charge >= 0.3 is 0 Å². The molecule has 0 aliphatic carbocycles. The van der Waals surface area contributed by atoms with Crippen molar-refractivity contribution in [2.24, 2.45) is 5.73 Å². The molecular formula is C12H17F2NO2. The maximum Gasteiger partial charge on any atom is 0.126 e. The summed E-state index contributed by atoms with van der Waals surface area (Å²) in [5.41, 5.74) is 6.31. The minimum atomic E-state index is -0.590. The monoisotopic (exact) mass is 245 g/mol. The van der Waals surface area contributed by atoms with Crippen LogP contribution >= 0.6 is 0 Å². The third-order valence-corrected chi connectivity index (χ3v) is 2.18. The van der Waals surface area contributed by atoms with Gasteiger partial charge < -0.3 is 15.2 Å². The number of rotatable bonds is 7. The van der Waals surface area contributed by atoms with Gasteiger partial charge in [-0.05, 0) is 24.1 Å². The fourth-order valence-corrected chi connectivity index (χ4v) is 1.47. The smallest absolute Gasteiger partial charge is 0.126 e. The lowest BCUT2D eigenvalue weighted by Gasteiger charge is -2.12. The molecule has 0 aromatic heterocycles. The molecule has 0 aliphatic rings. The van der Waals surface area contributed by atoms with E-state index in [0.717, 1.165) is 6.07 Å². The number of halogens is 2. The van der Waals surface area contributed by atoms with Gasteiger partial charge in [-0.1, -0.05) is 0 Å². The molecule has 2 N–H and O–H groups in total.